The molecule has 142 valence electrons. The lowest BCUT2D eigenvalue weighted by molar-refractivity contribution is -0.138. The van der Waals surface area contributed by atoms with E-state index in [9.17, 15) is 19.2 Å². The number of aromatic nitrogens is 3. The van der Waals surface area contributed by atoms with E-state index >= 15 is 0 Å². The average Bonchev–Trinajstić information content (AvgIpc) is 2.59. The maximum Gasteiger partial charge on any atom is 0.337 e. The summed E-state index contributed by atoms with van der Waals surface area (Å²) in [5.74, 6) is -0.294. The molecule has 1 amide bonds. The molecular weight excluding hydrogens is 336 g/mol. The summed E-state index contributed by atoms with van der Waals surface area (Å²) in [7, 11) is 0. The molecule has 1 aromatic heterocycles. The number of hydrogen-bond donors (Lipinski definition) is 0. The summed E-state index contributed by atoms with van der Waals surface area (Å²) >= 11 is 0. The highest BCUT2D eigenvalue weighted by atomic mass is 16.2. The highest BCUT2D eigenvalue weighted by molar-refractivity contribution is 5.76. The topological polar surface area (TPSA) is 86.3 Å². The molecule has 1 aromatic rings. The Kier molecular flexibility index (Phi) is 6.18. The molecule has 26 heavy (non-hydrogen) atoms. The fourth-order valence-electron chi connectivity index (χ4n) is 3.52. The molecule has 0 spiro atoms. The zero-order valence-electron chi connectivity index (χ0n) is 15.4. The molecule has 0 N–H and O–H groups in total. The molecular formula is C18H26N4O4. The van der Waals surface area contributed by atoms with Crippen molar-refractivity contribution >= 4 is 5.91 Å². The maximum absolute atomic E-state index is 12.8. The molecule has 0 aromatic carbocycles. The molecule has 1 saturated heterocycles. The van der Waals surface area contributed by atoms with Gasteiger partial charge in [0.2, 0.25) is 5.91 Å². The number of carbonyl (C=O) groups is 1. The summed E-state index contributed by atoms with van der Waals surface area (Å²) in [6, 6.07) is 0.105. The molecule has 2 atom stereocenters. The van der Waals surface area contributed by atoms with Crippen LogP contribution in [-0.4, -0.2) is 36.6 Å². The summed E-state index contributed by atoms with van der Waals surface area (Å²) in [6.45, 7) is 10.5. The van der Waals surface area contributed by atoms with E-state index in [-0.39, 0.29) is 37.6 Å². The van der Waals surface area contributed by atoms with E-state index in [0.29, 0.717) is 0 Å². The van der Waals surface area contributed by atoms with Gasteiger partial charge < -0.3 is 4.90 Å². The van der Waals surface area contributed by atoms with Crippen LogP contribution in [0.3, 0.4) is 0 Å². The van der Waals surface area contributed by atoms with Gasteiger partial charge in [0.1, 0.15) is 6.54 Å². The standard InChI is InChI=1S/C18H26N4O4/c1-5-10-19-16(24)20(11-6-2)18(26)21(17(19)25)12-15(23)22-13(3)8-7-9-14(22)4/h5-6,13-14H,1-2,7-12H2,3-4H3/t13-,14-/m1/s1. The minimum Gasteiger partial charge on any atom is -0.336 e. The third-order valence-corrected chi connectivity index (χ3v) is 4.78. The number of likely N-dealkylation sites (tertiary alicyclic amines) is 1. The number of amides is 1. The second-order valence-corrected chi connectivity index (χ2v) is 6.66. The van der Waals surface area contributed by atoms with Crippen LogP contribution in [-0.2, 0) is 24.4 Å². The second-order valence-electron chi connectivity index (χ2n) is 6.66. The molecule has 2 rings (SSSR count). The van der Waals surface area contributed by atoms with Gasteiger partial charge in [-0.2, -0.15) is 0 Å². The molecule has 1 aliphatic heterocycles. The van der Waals surface area contributed by atoms with Gasteiger partial charge in [-0.05, 0) is 33.1 Å². The minimum absolute atomic E-state index is 0.0419. The number of carbonyl (C=O) groups excluding carboxylic acids is 1. The van der Waals surface area contributed by atoms with Crippen LogP contribution >= 0.6 is 0 Å². The Morgan fingerprint density at radius 2 is 1.35 bits per heavy atom. The molecule has 0 bridgehead atoms. The summed E-state index contributed by atoms with van der Waals surface area (Å²) in [5.41, 5.74) is -2.33. The van der Waals surface area contributed by atoms with Crippen LogP contribution < -0.4 is 17.1 Å². The predicted molar refractivity (Wildman–Crippen MR) is 99.2 cm³/mol. The maximum atomic E-state index is 12.8. The van der Waals surface area contributed by atoms with E-state index in [4.69, 9.17) is 0 Å². The molecule has 0 saturated carbocycles. The van der Waals surface area contributed by atoms with Crippen LogP contribution in [0.4, 0.5) is 0 Å². The molecule has 8 heteroatoms. The molecule has 8 nitrogen and oxygen atoms in total. The lowest BCUT2D eigenvalue weighted by Crippen LogP contribution is -2.57. The first-order valence-electron chi connectivity index (χ1n) is 8.80. The first kappa shape index (κ1) is 19.7. The van der Waals surface area contributed by atoms with Crippen LogP contribution in [0.2, 0.25) is 0 Å². The van der Waals surface area contributed by atoms with Gasteiger partial charge in [0.15, 0.2) is 0 Å². The molecule has 1 aliphatic rings. The van der Waals surface area contributed by atoms with Crippen molar-refractivity contribution in [2.45, 2.75) is 64.8 Å². The summed E-state index contributed by atoms with van der Waals surface area (Å²) in [5, 5.41) is 0. The summed E-state index contributed by atoms with van der Waals surface area (Å²) in [4.78, 5) is 52.1. The first-order valence-corrected chi connectivity index (χ1v) is 8.80. The van der Waals surface area contributed by atoms with Crippen LogP contribution in [0.25, 0.3) is 0 Å². The van der Waals surface area contributed by atoms with Crippen LogP contribution in [0, 0.1) is 0 Å². The highest BCUT2D eigenvalue weighted by Gasteiger charge is 2.30. The van der Waals surface area contributed by atoms with Gasteiger partial charge in [0.25, 0.3) is 0 Å². The predicted octanol–water partition coefficient (Wildman–Crippen LogP) is 0.333. The SMILES string of the molecule is C=CCn1c(=O)n(CC=C)c(=O)n(CC(=O)N2[C@H](C)CCC[C@H]2C)c1=O. The summed E-state index contributed by atoms with van der Waals surface area (Å²) < 4.78 is 2.62. The third kappa shape index (κ3) is 3.63. The highest BCUT2D eigenvalue weighted by Crippen LogP contribution is 2.22. The lowest BCUT2D eigenvalue weighted by Gasteiger charge is -2.39. The van der Waals surface area contributed by atoms with Gasteiger partial charge >= 0.3 is 17.1 Å². The van der Waals surface area contributed by atoms with Crippen molar-refractivity contribution in [3.63, 3.8) is 0 Å². The Balaban J connectivity index is 2.51. The lowest BCUT2D eigenvalue weighted by atomic mass is 9.97. The van der Waals surface area contributed by atoms with Crippen molar-refractivity contribution in [1.29, 1.82) is 0 Å². The molecule has 0 aliphatic carbocycles. The Morgan fingerprint density at radius 3 is 1.77 bits per heavy atom. The van der Waals surface area contributed by atoms with Crippen molar-refractivity contribution in [2.75, 3.05) is 0 Å². The fraction of sp³-hybridized carbons (Fsp3) is 0.556. The minimum atomic E-state index is -0.800. The van der Waals surface area contributed by atoms with Gasteiger partial charge in [0.05, 0.1) is 13.1 Å². The van der Waals surface area contributed by atoms with Crippen molar-refractivity contribution in [3.05, 3.63) is 56.8 Å². The van der Waals surface area contributed by atoms with Crippen molar-refractivity contribution in [3.8, 4) is 0 Å². The Morgan fingerprint density at radius 1 is 0.923 bits per heavy atom. The number of hydrogen-bond acceptors (Lipinski definition) is 4. The van der Waals surface area contributed by atoms with Crippen molar-refractivity contribution in [1.82, 2.24) is 18.6 Å². The van der Waals surface area contributed by atoms with Crippen molar-refractivity contribution < 1.29 is 4.79 Å². The summed E-state index contributed by atoms with van der Waals surface area (Å²) in [6.07, 6.45) is 5.62. The van der Waals surface area contributed by atoms with Gasteiger partial charge in [-0.15, -0.1) is 13.2 Å². The van der Waals surface area contributed by atoms with E-state index in [1.165, 1.54) is 12.2 Å². The number of allylic oxidation sites excluding steroid dienone is 2. The van der Waals surface area contributed by atoms with E-state index in [1.807, 2.05) is 13.8 Å². The molecule has 2 heterocycles. The molecule has 0 radical (unpaired) electrons. The Bertz CT molecular complexity index is 818. The van der Waals surface area contributed by atoms with Gasteiger partial charge in [-0.1, -0.05) is 12.2 Å². The quantitative estimate of drug-likeness (QED) is 0.683. The van der Waals surface area contributed by atoms with Gasteiger partial charge in [0, 0.05) is 12.1 Å². The van der Waals surface area contributed by atoms with E-state index < -0.39 is 17.1 Å². The smallest absolute Gasteiger partial charge is 0.336 e. The van der Waals surface area contributed by atoms with Crippen LogP contribution in [0.1, 0.15) is 33.1 Å². The number of nitrogens with zero attached hydrogens (tertiary/aromatic N) is 4. The Hall–Kier alpha value is -2.64. The fourth-order valence-corrected chi connectivity index (χ4v) is 3.52. The molecule has 0 unspecified atom stereocenters. The monoisotopic (exact) mass is 362 g/mol. The van der Waals surface area contributed by atoms with Crippen LogP contribution in [0.5, 0.6) is 0 Å². The molecule has 1 fully saturated rings. The largest absolute Gasteiger partial charge is 0.337 e. The van der Waals surface area contributed by atoms with Gasteiger partial charge in [-0.3, -0.25) is 4.79 Å². The van der Waals surface area contributed by atoms with Gasteiger partial charge in [-0.25, -0.2) is 28.1 Å². The average molecular weight is 362 g/mol. The Labute approximate surface area is 151 Å². The van der Waals surface area contributed by atoms with E-state index in [0.717, 1.165) is 33.0 Å². The number of rotatable bonds is 6. The van der Waals surface area contributed by atoms with E-state index in [2.05, 4.69) is 13.2 Å². The third-order valence-electron chi connectivity index (χ3n) is 4.78. The van der Waals surface area contributed by atoms with Crippen molar-refractivity contribution in [2.24, 2.45) is 0 Å². The first-order chi connectivity index (χ1) is 12.3. The second kappa shape index (κ2) is 8.16. The normalized spacial score (nSPS) is 20.0. The number of piperidine rings is 1. The van der Waals surface area contributed by atoms with E-state index in [1.54, 1.807) is 4.90 Å². The zero-order chi connectivity index (χ0) is 19.4. The zero-order valence-corrected chi connectivity index (χ0v) is 15.4. The van der Waals surface area contributed by atoms with Crippen LogP contribution in [0.15, 0.2) is 39.7 Å².